The predicted molar refractivity (Wildman–Crippen MR) is 93.3 cm³/mol. The number of hydrogen-bond donors (Lipinski definition) is 0. The van der Waals surface area contributed by atoms with Crippen LogP contribution in [0.4, 0.5) is 0 Å². The molecule has 0 N–H and O–H groups in total. The van der Waals surface area contributed by atoms with Crippen LogP contribution in [0.25, 0.3) is 0 Å². The van der Waals surface area contributed by atoms with Gasteiger partial charge in [-0.15, -0.1) is 0 Å². The summed E-state index contributed by atoms with van der Waals surface area (Å²) >= 11 is 0. The van der Waals surface area contributed by atoms with E-state index < -0.39 is 10.0 Å². The van der Waals surface area contributed by atoms with E-state index in [1.807, 2.05) is 6.92 Å². The normalized spacial score (nSPS) is 36.3. The zero-order valence-electron chi connectivity index (χ0n) is 14.5. The van der Waals surface area contributed by atoms with Gasteiger partial charge in [0, 0.05) is 0 Å². The number of nitrogens with zero attached hydrogens (tertiary/aromatic N) is 2. The van der Waals surface area contributed by atoms with Gasteiger partial charge in [0.05, 0.1) is 10.9 Å². The highest BCUT2D eigenvalue weighted by Gasteiger charge is 2.53. The molecule has 0 amide bonds. The summed E-state index contributed by atoms with van der Waals surface area (Å²) in [4.78, 5) is 0.231. The zero-order chi connectivity index (χ0) is 16.9. The number of hydrogen-bond acceptors (Lipinski definition) is 3. The molecule has 1 aromatic rings. The van der Waals surface area contributed by atoms with Crippen LogP contribution in [0.2, 0.25) is 0 Å². The zero-order valence-corrected chi connectivity index (χ0v) is 15.3. The molecule has 0 heterocycles. The Hall–Kier alpha value is -1.23. The highest BCUT2D eigenvalue weighted by molar-refractivity contribution is 7.90. The Morgan fingerprint density at radius 3 is 2.00 bits per heavy atom. The first-order chi connectivity index (χ1) is 11.4. The van der Waals surface area contributed by atoms with Gasteiger partial charge in [0.2, 0.25) is 0 Å². The second kappa shape index (κ2) is 5.65. The van der Waals surface area contributed by atoms with E-state index in [0.29, 0.717) is 0 Å². The third-order valence-corrected chi connectivity index (χ3v) is 7.80. The fourth-order valence-electron chi connectivity index (χ4n) is 5.70. The lowest BCUT2D eigenvalue weighted by Gasteiger charge is -2.58. The van der Waals surface area contributed by atoms with Crippen molar-refractivity contribution in [3.8, 4) is 0 Å². The van der Waals surface area contributed by atoms with Crippen LogP contribution < -0.4 is 0 Å². The first-order valence-corrected chi connectivity index (χ1v) is 10.5. The van der Waals surface area contributed by atoms with E-state index >= 15 is 0 Å². The summed E-state index contributed by atoms with van der Waals surface area (Å²) in [6.45, 7) is 4.01. The van der Waals surface area contributed by atoms with Crippen LogP contribution >= 0.6 is 0 Å². The molecular formula is C19H26N2O2S. The average molecular weight is 346 g/mol. The highest BCUT2D eigenvalue weighted by atomic mass is 32.2. The van der Waals surface area contributed by atoms with Gasteiger partial charge in [-0.1, -0.05) is 22.2 Å². The summed E-state index contributed by atoms with van der Waals surface area (Å²) in [7, 11) is -3.69. The Kier molecular flexibility index (Phi) is 3.83. The topological polar surface area (TPSA) is 58.9 Å². The second-order valence-corrected chi connectivity index (χ2v) is 10.0. The molecule has 0 radical (unpaired) electrons. The van der Waals surface area contributed by atoms with E-state index in [1.165, 1.54) is 38.5 Å². The fourth-order valence-corrected chi connectivity index (χ4v) is 6.54. The van der Waals surface area contributed by atoms with Gasteiger partial charge >= 0.3 is 0 Å². The SMILES string of the molecule is Cc1ccc(S(=O)(=O)N=NC(C)C23CC4CC(CC(C4)C2)C3)cc1. The Labute approximate surface area is 144 Å². The Bertz CT molecular complexity index is 717. The van der Waals surface area contributed by atoms with Crippen molar-refractivity contribution in [3.05, 3.63) is 29.8 Å². The quantitative estimate of drug-likeness (QED) is 0.739. The molecule has 5 rings (SSSR count). The molecule has 24 heavy (non-hydrogen) atoms. The fraction of sp³-hybridized carbons (Fsp3) is 0.684. The van der Waals surface area contributed by atoms with Gasteiger partial charge in [0.15, 0.2) is 0 Å². The van der Waals surface area contributed by atoms with Crippen LogP contribution in [0.3, 0.4) is 0 Å². The molecule has 4 bridgehead atoms. The van der Waals surface area contributed by atoms with E-state index in [9.17, 15) is 8.42 Å². The standard InChI is InChI=1S/C19H26N2O2S/c1-13-3-5-18(6-4-13)24(22,23)21-20-14(2)19-10-15-7-16(11-19)9-17(8-15)12-19/h3-6,14-17H,7-12H2,1-2H3. The van der Waals surface area contributed by atoms with Gasteiger partial charge in [-0.2, -0.15) is 13.5 Å². The average Bonchev–Trinajstić information content (AvgIpc) is 2.52. The van der Waals surface area contributed by atoms with Gasteiger partial charge < -0.3 is 0 Å². The Balaban J connectivity index is 1.54. The number of sulfonamides is 1. The molecule has 4 saturated carbocycles. The minimum absolute atomic E-state index is 0.00822. The largest absolute Gasteiger partial charge is 0.299 e. The van der Waals surface area contributed by atoms with Crippen molar-refractivity contribution >= 4 is 10.0 Å². The van der Waals surface area contributed by atoms with Crippen LogP contribution in [0.1, 0.15) is 51.0 Å². The number of aryl methyl sites for hydroxylation is 1. The molecule has 0 saturated heterocycles. The first kappa shape index (κ1) is 16.2. The lowest BCUT2D eigenvalue weighted by atomic mass is 9.48. The summed E-state index contributed by atoms with van der Waals surface area (Å²) in [6.07, 6.45) is 7.78. The van der Waals surface area contributed by atoms with Crippen molar-refractivity contribution in [2.24, 2.45) is 32.8 Å². The van der Waals surface area contributed by atoms with Crippen LogP contribution in [-0.4, -0.2) is 14.5 Å². The molecule has 4 aliphatic rings. The van der Waals surface area contributed by atoms with E-state index in [-0.39, 0.29) is 16.4 Å². The molecule has 4 aliphatic carbocycles. The molecule has 1 aromatic carbocycles. The Morgan fingerprint density at radius 1 is 1.00 bits per heavy atom. The summed E-state index contributed by atoms with van der Waals surface area (Å²) in [5.74, 6) is 2.51. The minimum atomic E-state index is -3.69. The first-order valence-electron chi connectivity index (χ1n) is 9.10. The van der Waals surface area contributed by atoms with Crippen molar-refractivity contribution < 1.29 is 8.42 Å². The summed E-state index contributed by atoms with van der Waals surface area (Å²) in [6, 6.07) is 6.81. The van der Waals surface area contributed by atoms with Crippen molar-refractivity contribution in [2.45, 2.75) is 63.3 Å². The second-order valence-electron chi connectivity index (χ2n) is 8.44. The molecule has 4 nitrogen and oxygen atoms in total. The van der Waals surface area contributed by atoms with Gasteiger partial charge in [-0.25, -0.2) is 0 Å². The molecule has 4 fully saturated rings. The third kappa shape index (κ3) is 2.81. The van der Waals surface area contributed by atoms with Crippen LogP contribution in [0.15, 0.2) is 38.8 Å². The van der Waals surface area contributed by atoms with Crippen molar-refractivity contribution in [1.29, 1.82) is 0 Å². The van der Waals surface area contributed by atoms with Gasteiger partial charge in [0.1, 0.15) is 0 Å². The van der Waals surface area contributed by atoms with Crippen LogP contribution in [0.5, 0.6) is 0 Å². The molecule has 1 unspecified atom stereocenters. The molecule has 0 aromatic heterocycles. The maximum absolute atomic E-state index is 12.4. The predicted octanol–water partition coefficient (Wildman–Crippen LogP) is 4.74. The maximum Gasteiger partial charge on any atom is 0.299 e. The summed E-state index contributed by atoms with van der Waals surface area (Å²) in [5.41, 5.74) is 1.23. The molecule has 1 atom stereocenters. The monoisotopic (exact) mass is 346 g/mol. The summed E-state index contributed by atoms with van der Waals surface area (Å²) < 4.78 is 28.6. The van der Waals surface area contributed by atoms with E-state index in [1.54, 1.807) is 24.3 Å². The van der Waals surface area contributed by atoms with Crippen molar-refractivity contribution in [2.75, 3.05) is 0 Å². The van der Waals surface area contributed by atoms with Gasteiger partial charge in [0.25, 0.3) is 10.0 Å². The Morgan fingerprint density at radius 2 is 1.50 bits per heavy atom. The van der Waals surface area contributed by atoms with Crippen LogP contribution in [-0.2, 0) is 10.0 Å². The number of rotatable bonds is 4. The van der Waals surface area contributed by atoms with Crippen molar-refractivity contribution in [1.82, 2.24) is 0 Å². The van der Waals surface area contributed by atoms with E-state index in [4.69, 9.17) is 0 Å². The smallest absolute Gasteiger partial charge is 0.198 e. The molecule has 130 valence electrons. The van der Waals surface area contributed by atoms with Gasteiger partial charge in [-0.05, 0) is 87.7 Å². The summed E-state index contributed by atoms with van der Waals surface area (Å²) in [5, 5.41) is 4.32. The minimum Gasteiger partial charge on any atom is -0.198 e. The molecule has 0 aliphatic heterocycles. The molecule has 5 heteroatoms. The van der Waals surface area contributed by atoms with Crippen molar-refractivity contribution in [3.63, 3.8) is 0 Å². The maximum atomic E-state index is 12.4. The van der Waals surface area contributed by atoms with E-state index in [0.717, 1.165) is 23.3 Å². The molecule has 0 spiro atoms. The van der Waals surface area contributed by atoms with E-state index in [2.05, 4.69) is 16.6 Å². The van der Waals surface area contributed by atoms with Gasteiger partial charge in [-0.3, -0.25) is 0 Å². The lowest BCUT2D eigenvalue weighted by Crippen LogP contribution is -2.50. The number of benzene rings is 1. The molecular weight excluding hydrogens is 320 g/mol. The highest BCUT2D eigenvalue weighted by Crippen LogP contribution is 2.61. The van der Waals surface area contributed by atoms with Crippen LogP contribution in [0, 0.1) is 30.1 Å². The third-order valence-electron chi connectivity index (χ3n) is 6.62. The lowest BCUT2D eigenvalue weighted by molar-refractivity contribution is -0.0642.